The highest BCUT2D eigenvalue weighted by molar-refractivity contribution is 5.92. The molecule has 3 nitrogen and oxygen atoms in total. The van der Waals surface area contributed by atoms with Gasteiger partial charge in [-0.05, 0) is 75.9 Å². The summed E-state index contributed by atoms with van der Waals surface area (Å²) in [5.41, 5.74) is 9.32. The first-order chi connectivity index (χ1) is 18.2. The van der Waals surface area contributed by atoms with Gasteiger partial charge < -0.3 is 15.1 Å². The monoisotopic (exact) mass is 483 g/mol. The molecule has 0 spiro atoms. The van der Waals surface area contributed by atoms with Gasteiger partial charge in [-0.3, -0.25) is 0 Å². The number of hydrogen-bond acceptors (Lipinski definition) is 3. The molecule has 3 heteroatoms. The molecule has 0 aliphatic rings. The van der Waals surface area contributed by atoms with E-state index in [4.69, 9.17) is 0 Å². The maximum absolute atomic E-state index is 9.47. The summed E-state index contributed by atoms with van der Waals surface area (Å²) < 4.78 is 0. The average Bonchev–Trinajstić information content (AvgIpc) is 2.98. The van der Waals surface area contributed by atoms with Crippen molar-refractivity contribution in [1.29, 1.82) is 0 Å². The zero-order valence-corrected chi connectivity index (χ0v) is 20.5. The maximum Gasteiger partial charge on any atom is 0.0681 e. The van der Waals surface area contributed by atoms with E-state index in [1.807, 2.05) is 60.7 Å². The highest BCUT2D eigenvalue weighted by atomic mass is 16.3. The Morgan fingerprint density at radius 1 is 0.486 bits per heavy atom. The van der Waals surface area contributed by atoms with Crippen LogP contribution in [0.25, 0.3) is 11.6 Å². The van der Waals surface area contributed by atoms with Gasteiger partial charge in [0.25, 0.3) is 0 Å². The molecular weight excluding hydrogens is 454 g/mol. The second-order valence-corrected chi connectivity index (χ2v) is 8.87. The van der Waals surface area contributed by atoms with Gasteiger partial charge >= 0.3 is 0 Å². The minimum Gasteiger partial charge on any atom is -0.392 e. The van der Waals surface area contributed by atoms with E-state index in [1.165, 1.54) is 0 Å². The van der Waals surface area contributed by atoms with Crippen molar-refractivity contribution in [2.24, 2.45) is 0 Å². The van der Waals surface area contributed by atoms with E-state index in [-0.39, 0.29) is 13.2 Å². The van der Waals surface area contributed by atoms with Crippen molar-refractivity contribution in [3.05, 3.63) is 161 Å². The van der Waals surface area contributed by atoms with Crippen molar-refractivity contribution in [1.82, 2.24) is 0 Å². The molecule has 5 aromatic carbocycles. The van der Waals surface area contributed by atoms with Crippen LogP contribution in [0.15, 0.2) is 133 Å². The Hall–Kier alpha value is -4.44. The highest BCUT2D eigenvalue weighted by Gasteiger charge is 2.12. The van der Waals surface area contributed by atoms with Gasteiger partial charge in [0.05, 0.1) is 13.2 Å². The van der Waals surface area contributed by atoms with Crippen LogP contribution in [0.2, 0.25) is 0 Å². The van der Waals surface area contributed by atoms with E-state index >= 15 is 0 Å². The quantitative estimate of drug-likeness (QED) is 0.222. The molecule has 0 aliphatic heterocycles. The first kappa shape index (κ1) is 24.3. The minimum absolute atomic E-state index is 0.0192. The summed E-state index contributed by atoms with van der Waals surface area (Å²) >= 11 is 0. The Labute approximate surface area is 218 Å². The van der Waals surface area contributed by atoms with Crippen LogP contribution >= 0.6 is 0 Å². The number of rotatable bonds is 8. The molecule has 0 atom stereocenters. The first-order valence-corrected chi connectivity index (χ1v) is 12.4. The lowest BCUT2D eigenvalue weighted by atomic mass is 9.94. The molecule has 0 unspecified atom stereocenters. The molecule has 0 amide bonds. The summed E-state index contributed by atoms with van der Waals surface area (Å²) in [5, 5.41) is 18.9. The smallest absolute Gasteiger partial charge is 0.0681 e. The van der Waals surface area contributed by atoms with Crippen molar-refractivity contribution in [3.63, 3.8) is 0 Å². The van der Waals surface area contributed by atoms with Crippen LogP contribution in [0.3, 0.4) is 0 Å². The molecule has 0 heterocycles. The van der Waals surface area contributed by atoms with Crippen LogP contribution in [0.1, 0.15) is 27.8 Å². The fraction of sp³-hybridized carbons (Fsp3) is 0.0588. The lowest BCUT2D eigenvalue weighted by Crippen LogP contribution is -2.09. The SMILES string of the molecule is OCc1ccc(C(=Cc2ccc(N(c3ccccc3)c3ccccc3)cc2)c2ccc(CO)cc2)cc1. The zero-order chi connectivity index (χ0) is 25.5. The number of hydrogen-bond donors (Lipinski definition) is 2. The molecule has 0 saturated heterocycles. The maximum atomic E-state index is 9.47. The van der Waals surface area contributed by atoms with Gasteiger partial charge in [-0.1, -0.05) is 97.1 Å². The van der Waals surface area contributed by atoms with Gasteiger partial charge in [0.15, 0.2) is 0 Å². The Bertz CT molecular complexity index is 1350. The molecular formula is C34H29NO2. The van der Waals surface area contributed by atoms with Gasteiger partial charge in [-0.25, -0.2) is 0 Å². The van der Waals surface area contributed by atoms with Crippen molar-refractivity contribution >= 4 is 28.7 Å². The fourth-order valence-corrected chi connectivity index (χ4v) is 4.40. The summed E-state index contributed by atoms with van der Waals surface area (Å²) in [7, 11) is 0. The molecule has 5 aromatic rings. The molecule has 0 bridgehead atoms. The Balaban J connectivity index is 1.54. The predicted octanol–water partition coefficient (Wildman–Crippen LogP) is 7.73. The summed E-state index contributed by atoms with van der Waals surface area (Å²) in [5.74, 6) is 0. The van der Waals surface area contributed by atoms with Crippen LogP contribution < -0.4 is 4.90 Å². The molecule has 5 rings (SSSR count). The van der Waals surface area contributed by atoms with Crippen LogP contribution in [0.4, 0.5) is 17.1 Å². The van der Waals surface area contributed by atoms with Gasteiger partial charge in [0.1, 0.15) is 0 Å². The number of benzene rings is 5. The van der Waals surface area contributed by atoms with E-state index in [0.29, 0.717) is 0 Å². The van der Waals surface area contributed by atoms with Gasteiger partial charge in [-0.15, -0.1) is 0 Å². The van der Waals surface area contributed by atoms with E-state index in [1.54, 1.807) is 0 Å². The first-order valence-electron chi connectivity index (χ1n) is 12.4. The Morgan fingerprint density at radius 2 is 0.892 bits per heavy atom. The van der Waals surface area contributed by atoms with E-state index in [2.05, 4.69) is 83.8 Å². The molecule has 182 valence electrons. The van der Waals surface area contributed by atoms with Gasteiger partial charge in [0, 0.05) is 17.1 Å². The third-order valence-electron chi connectivity index (χ3n) is 6.39. The van der Waals surface area contributed by atoms with Crippen LogP contribution in [-0.4, -0.2) is 10.2 Å². The van der Waals surface area contributed by atoms with Crippen molar-refractivity contribution in [3.8, 4) is 0 Å². The average molecular weight is 484 g/mol. The predicted molar refractivity (Wildman–Crippen MR) is 153 cm³/mol. The molecule has 0 fully saturated rings. The number of anilines is 3. The van der Waals surface area contributed by atoms with E-state index in [9.17, 15) is 10.2 Å². The van der Waals surface area contributed by atoms with Crippen molar-refractivity contribution < 1.29 is 10.2 Å². The normalized spacial score (nSPS) is 10.6. The minimum atomic E-state index is 0.0192. The van der Waals surface area contributed by atoms with Gasteiger partial charge in [-0.2, -0.15) is 0 Å². The third-order valence-corrected chi connectivity index (χ3v) is 6.39. The molecule has 0 radical (unpaired) electrons. The summed E-state index contributed by atoms with van der Waals surface area (Å²) in [6, 6.07) is 45.3. The lowest BCUT2D eigenvalue weighted by Gasteiger charge is -2.25. The van der Waals surface area contributed by atoms with E-state index in [0.717, 1.165) is 50.5 Å². The number of para-hydroxylation sites is 2. The standard InChI is InChI=1S/C34H29NO2/c36-24-27-11-17-29(18-12-27)34(30-19-13-28(25-37)14-20-30)23-26-15-21-33(22-16-26)35(31-7-3-1-4-8-31)32-9-5-2-6-10-32/h1-23,36-37H,24-25H2. The van der Waals surface area contributed by atoms with Crippen LogP contribution in [0, 0.1) is 0 Å². The number of aliphatic hydroxyl groups excluding tert-OH is 2. The summed E-state index contributed by atoms with van der Waals surface area (Å²) in [6.45, 7) is 0.0383. The topological polar surface area (TPSA) is 43.7 Å². The largest absolute Gasteiger partial charge is 0.392 e. The zero-order valence-electron chi connectivity index (χ0n) is 20.5. The number of nitrogens with zero attached hydrogens (tertiary/aromatic N) is 1. The van der Waals surface area contributed by atoms with Crippen LogP contribution in [0.5, 0.6) is 0 Å². The fourth-order valence-electron chi connectivity index (χ4n) is 4.40. The summed E-state index contributed by atoms with van der Waals surface area (Å²) in [6.07, 6.45) is 2.18. The third kappa shape index (κ3) is 5.70. The molecule has 0 aliphatic carbocycles. The van der Waals surface area contributed by atoms with Crippen molar-refractivity contribution in [2.75, 3.05) is 4.90 Å². The Kier molecular flexibility index (Phi) is 7.56. The number of aliphatic hydroxyl groups is 2. The van der Waals surface area contributed by atoms with Gasteiger partial charge in [0.2, 0.25) is 0 Å². The molecule has 2 N–H and O–H groups in total. The lowest BCUT2D eigenvalue weighted by molar-refractivity contribution is 0.281. The van der Waals surface area contributed by atoms with E-state index < -0.39 is 0 Å². The second-order valence-electron chi connectivity index (χ2n) is 8.87. The highest BCUT2D eigenvalue weighted by Crippen LogP contribution is 2.35. The molecule has 0 saturated carbocycles. The van der Waals surface area contributed by atoms with Crippen LogP contribution in [-0.2, 0) is 13.2 Å². The van der Waals surface area contributed by atoms with Crippen molar-refractivity contribution in [2.45, 2.75) is 13.2 Å². The Morgan fingerprint density at radius 3 is 1.30 bits per heavy atom. The summed E-state index contributed by atoms with van der Waals surface area (Å²) in [4.78, 5) is 2.25. The second kappa shape index (κ2) is 11.5. The molecule has 37 heavy (non-hydrogen) atoms. The molecule has 0 aromatic heterocycles.